The van der Waals surface area contributed by atoms with Gasteiger partial charge in [-0.3, -0.25) is 0 Å². The molecule has 4 rings (SSSR count). The van der Waals surface area contributed by atoms with Crippen molar-refractivity contribution in [3.05, 3.63) is 77.4 Å². The summed E-state index contributed by atoms with van der Waals surface area (Å²) in [7, 11) is 1.77. The number of hydrogen-bond donors (Lipinski definition) is 0. The summed E-state index contributed by atoms with van der Waals surface area (Å²) in [4.78, 5) is 16.6. The van der Waals surface area contributed by atoms with Crippen LogP contribution in [-0.2, 0) is 4.74 Å². The second-order valence-corrected chi connectivity index (χ2v) is 7.21. The molecule has 1 unspecified atom stereocenters. The van der Waals surface area contributed by atoms with E-state index in [1.54, 1.807) is 16.8 Å². The van der Waals surface area contributed by atoms with Crippen LogP contribution in [0.4, 0.5) is 13.6 Å². The van der Waals surface area contributed by atoms with Crippen molar-refractivity contribution in [2.24, 2.45) is 0 Å². The Labute approximate surface area is 163 Å². The SMILES string of the molecule is CN(C(=O)N1CC(c2cc(F)ccc2F)=C[C@H]1c1ccccc1)C1CCOC1. The van der Waals surface area contributed by atoms with E-state index in [0.29, 0.717) is 18.8 Å². The van der Waals surface area contributed by atoms with Crippen molar-refractivity contribution in [3.8, 4) is 0 Å². The number of carbonyl (C=O) groups excluding carboxylic acids is 1. The molecule has 0 radical (unpaired) electrons. The predicted octanol–water partition coefficient (Wildman–Crippen LogP) is 4.25. The van der Waals surface area contributed by atoms with Crippen molar-refractivity contribution in [1.29, 1.82) is 0 Å². The average molecular weight is 384 g/mol. The van der Waals surface area contributed by atoms with Crippen molar-refractivity contribution in [1.82, 2.24) is 9.80 Å². The highest BCUT2D eigenvalue weighted by Gasteiger charge is 2.35. The summed E-state index contributed by atoms with van der Waals surface area (Å²) < 4.78 is 33.5. The van der Waals surface area contributed by atoms with Crippen LogP contribution in [0.25, 0.3) is 5.57 Å². The third-order valence-electron chi connectivity index (χ3n) is 5.45. The molecule has 2 amide bonds. The second kappa shape index (κ2) is 7.72. The minimum absolute atomic E-state index is 0.0267. The van der Waals surface area contributed by atoms with E-state index in [0.717, 1.165) is 24.1 Å². The topological polar surface area (TPSA) is 32.8 Å². The molecule has 2 aliphatic heterocycles. The van der Waals surface area contributed by atoms with E-state index in [4.69, 9.17) is 4.74 Å². The quantitative estimate of drug-likeness (QED) is 0.793. The minimum Gasteiger partial charge on any atom is -0.379 e. The van der Waals surface area contributed by atoms with Gasteiger partial charge in [0.1, 0.15) is 11.6 Å². The van der Waals surface area contributed by atoms with Gasteiger partial charge in [0.05, 0.1) is 18.7 Å². The van der Waals surface area contributed by atoms with Crippen LogP contribution in [0.1, 0.15) is 23.6 Å². The maximum Gasteiger partial charge on any atom is 0.321 e. The summed E-state index contributed by atoms with van der Waals surface area (Å²) in [5.41, 5.74) is 1.73. The Balaban J connectivity index is 1.67. The van der Waals surface area contributed by atoms with Crippen molar-refractivity contribution < 1.29 is 18.3 Å². The summed E-state index contributed by atoms with van der Waals surface area (Å²) in [5, 5.41) is 0. The number of benzene rings is 2. The molecule has 1 saturated heterocycles. The first-order valence-electron chi connectivity index (χ1n) is 9.37. The molecule has 2 aromatic rings. The number of nitrogens with zero attached hydrogens (tertiary/aromatic N) is 2. The van der Waals surface area contributed by atoms with E-state index in [-0.39, 0.29) is 30.2 Å². The van der Waals surface area contributed by atoms with E-state index >= 15 is 0 Å². The van der Waals surface area contributed by atoms with Crippen LogP contribution in [0.2, 0.25) is 0 Å². The van der Waals surface area contributed by atoms with Crippen molar-refractivity contribution >= 4 is 11.6 Å². The van der Waals surface area contributed by atoms with Gasteiger partial charge in [0, 0.05) is 25.8 Å². The molecule has 2 atom stereocenters. The number of amides is 2. The van der Waals surface area contributed by atoms with Gasteiger partial charge in [-0.15, -0.1) is 0 Å². The van der Waals surface area contributed by atoms with Gasteiger partial charge in [-0.05, 0) is 35.8 Å². The molecule has 28 heavy (non-hydrogen) atoms. The Hall–Kier alpha value is -2.73. The molecule has 0 spiro atoms. The number of carbonyl (C=O) groups is 1. The van der Waals surface area contributed by atoms with Crippen LogP contribution in [-0.4, -0.2) is 48.7 Å². The summed E-state index contributed by atoms with van der Waals surface area (Å²) in [6.45, 7) is 1.38. The zero-order chi connectivity index (χ0) is 19.7. The van der Waals surface area contributed by atoms with Crippen LogP contribution in [0.3, 0.4) is 0 Å². The zero-order valence-electron chi connectivity index (χ0n) is 15.6. The van der Waals surface area contributed by atoms with Crippen LogP contribution in [0, 0.1) is 11.6 Å². The molecule has 0 aliphatic carbocycles. The van der Waals surface area contributed by atoms with Gasteiger partial charge in [0.25, 0.3) is 0 Å². The standard InChI is InChI=1S/C22H22F2N2O2/c1-25(18-9-10-28-14-18)22(27)26-13-16(19-12-17(23)7-8-20(19)24)11-21(26)15-5-3-2-4-6-15/h2-8,11-12,18,21H,9-10,13-14H2,1H3/t18?,21-/m0/s1. The minimum atomic E-state index is -0.501. The molecule has 4 nitrogen and oxygen atoms in total. The van der Waals surface area contributed by atoms with Crippen molar-refractivity contribution in [2.45, 2.75) is 18.5 Å². The summed E-state index contributed by atoms with van der Waals surface area (Å²) >= 11 is 0. The molecular weight excluding hydrogens is 362 g/mol. The maximum absolute atomic E-state index is 14.3. The Morgan fingerprint density at radius 1 is 1.18 bits per heavy atom. The smallest absolute Gasteiger partial charge is 0.321 e. The molecule has 0 N–H and O–H groups in total. The first-order valence-corrected chi connectivity index (χ1v) is 9.37. The average Bonchev–Trinajstić information content (AvgIpc) is 3.39. The number of urea groups is 1. The molecule has 2 aliphatic rings. The maximum atomic E-state index is 14.3. The van der Waals surface area contributed by atoms with Crippen LogP contribution in [0.5, 0.6) is 0 Å². The fraction of sp³-hybridized carbons (Fsp3) is 0.318. The van der Waals surface area contributed by atoms with E-state index < -0.39 is 11.6 Å². The number of rotatable bonds is 3. The Morgan fingerprint density at radius 3 is 2.68 bits per heavy atom. The van der Waals surface area contributed by atoms with Gasteiger partial charge in [-0.25, -0.2) is 13.6 Å². The summed E-state index contributed by atoms with van der Waals surface area (Å²) in [5.74, 6) is -0.995. The fourth-order valence-corrected chi connectivity index (χ4v) is 3.83. The third-order valence-corrected chi connectivity index (χ3v) is 5.45. The van der Waals surface area contributed by atoms with E-state index in [9.17, 15) is 13.6 Å². The largest absolute Gasteiger partial charge is 0.379 e. The van der Waals surface area contributed by atoms with Crippen molar-refractivity contribution in [3.63, 3.8) is 0 Å². The second-order valence-electron chi connectivity index (χ2n) is 7.21. The van der Waals surface area contributed by atoms with Crippen LogP contribution < -0.4 is 0 Å². The molecule has 2 aromatic carbocycles. The third kappa shape index (κ3) is 3.52. The molecule has 2 heterocycles. The van der Waals surface area contributed by atoms with Gasteiger partial charge in [0.15, 0.2) is 0 Å². The lowest BCUT2D eigenvalue weighted by atomic mass is 10.0. The van der Waals surface area contributed by atoms with E-state index in [1.807, 2.05) is 36.4 Å². The molecule has 1 fully saturated rings. The molecule has 0 bridgehead atoms. The zero-order valence-corrected chi connectivity index (χ0v) is 15.6. The number of hydrogen-bond acceptors (Lipinski definition) is 2. The first kappa shape index (κ1) is 18.6. The lowest BCUT2D eigenvalue weighted by Crippen LogP contribution is -2.46. The fourth-order valence-electron chi connectivity index (χ4n) is 3.83. The van der Waals surface area contributed by atoms with Gasteiger partial charge < -0.3 is 14.5 Å². The van der Waals surface area contributed by atoms with Gasteiger partial charge in [-0.2, -0.15) is 0 Å². The number of likely N-dealkylation sites (N-methyl/N-ethyl adjacent to an activating group) is 1. The number of ether oxygens (including phenoxy) is 1. The highest BCUT2D eigenvalue weighted by Crippen LogP contribution is 2.36. The van der Waals surface area contributed by atoms with E-state index in [1.165, 1.54) is 6.07 Å². The Bertz CT molecular complexity index is 895. The van der Waals surface area contributed by atoms with Gasteiger partial charge in [-0.1, -0.05) is 36.4 Å². The van der Waals surface area contributed by atoms with Gasteiger partial charge in [0.2, 0.25) is 0 Å². The lowest BCUT2D eigenvalue weighted by molar-refractivity contribution is 0.131. The summed E-state index contributed by atoms with van der Waals surface area (Å²) in [6, 6.07) is 12.5. The molecule has 6 heteroatoms. The normalized spacial score (nSPS) is 21.7. The van der Waals surface area contributed by atoms with E-state index in [2.05, 4.69) is 0 Å². The summed E-state index contributed by atoms with van der Waals surface area (Å²) in [6.07, 6.45) is 2.65. The molecule has 146 valence electrons. The van der Waals surface area contributed by atoms with Gasteiger partial charge >= 0.3 is 6.03 Å². The van der Waals surface area contributed by atoms with Crippen molar-refractivity contribution in [2.75, 3.05) is 26.8 Å². The molecular formula is C22H22F2N2O2. The first-order chi connectivity index (χ1) is 13.5. The lowest BCUT2D eigenvalue weighted by Gasteiger charge is -2.32. The number of halogens is 2. The highest BCUT2D eigenvalue weighted by molar-refractivity contribution is 5.82. The Kier molecular flexibility index (Phi) is 5.13. The monoisotopic (exact) mass is 384 g/mol. The molecule has 0 saturated carbocycles. The molecule has 0 aromatic heterocycles. The van der Waals surface area contributed by atoms with Crippen LogP contribution in [0.15, 0.2) is 54.6 Å². The van der Waals surface area contributed by atoms with Crippen LogP contribution >= 0.6 is 0 Å². The highest BCUT2D eigenvalue weighted by atomic mass is 19.1. The Morgan fingerprint density at radius 2 is 1.96 bits per heavy atom. The predicted molar refractivity (Wildman–Crippen MR) is 103 cm³/mol.